The second kappa shape index (κ2) is 7.70. The van der Waals surface area contributed by atoms with Gasteiger partial charge in [0.25, 0.3) is 0 Å². The molecule has 28 heavy (non-hydrogen) atoms. The molecule has 1 N–H and O–H groups in total. The molecule has 4 atom stereocenters. The van der Waals surface area contributed by atoms with Crippen molar-refractivity contribution in [2.24, 2.45) is 10.3 Å². The Balaban J connectivity index is 1.91. The van der Waals surface area contributed by atoms with Crippen LogP contribution in [0.2, 0.25) is 0 Å². The van der Waals surface area contributed by atoms with Crippen molar-refractivity contribution in [3.63, 3.8) is 0 Å². The fraction of sp³-hybridized carbons (Fsp3) is 0.700. The van der Waals surface area contributed by atoms with Crippen LogP contribution in [0.1, 0.15) is 46.5 Å². The minimum Gasteiger partial charge on any atom is -0.372 e. The fourth-order valence-corrected chi connectivity index (χ4v) is 7.46. The van der Waals surface area contributed by atoms with E-state index in [9.17, 15) is 12.6 Å². The summed E-state index contributed by atoms with van der Waals surface area (Å²) in [6.45, 7) is 5.39. The predicted octanol–water partition coefficient (Wildman–Crippen LogP) is 3.19. The van der Waals surface area contributed by atoms with Crippen LogP contribution in [0.5, 0.6) is 0 Å². The molecule has 8 heteroatoms. The number of nitrogens with one attached hydrogen (secondary N) is 1. The van der Waals surface area contributed by atoms with Crippen molar-refractivity contribution >= 4 is 19.8 Å². The maximum atomic E-state index is 13.7. The van der Waals surface area contributed by atoms with Gasteiger partial charge < -0.3 is 4.74 Å². The molecular formula is C20H32N2O4S2. The molecule has 1 saturated carbocycles. The van der Waals surface area contributed by atoms with Gasteiger partial charge in [-0.1, -0.05) is 31.0 Å². The number of fused-ring (bicyclic) bond motifs is 1. The van der Waals surface area contributed by atoms with Gasteiger partial charge in [0.15, 0.2) is 0 Å². The van der Waals surface area contributed by atoms with Crippen LogP contribution in [0.15, 0.2) is 39.6 Å². The van der Waals surface area contributed by atoms with Crippen LogP contribution in [0.25, 0.3) is 0 Å². The molecule has 1 unspecified atom stereocenters. The molecule has 1 aromatic carbocycles. The van der Waals surface area contributed by atoms with Crippen molar-refractivity contribution in [2.75, 3.05) is 19.4 Å². The van der Waals surface area contributed by atoms with Crippen LogP contribution in [-0.2, 0) is 24.5 Å². The monoisotopic (exact) mass is 428 g/mol. The van der Waals surface area contributed by atoms with Gasteiger partial charge in [-0.25, -0.2) is 21.7 Å². The molecule has 1 saturated heterocycles. The molecule has 3 rings (SSSR count). The summed E-state index contributed by atoms with van der Waals surface area (Å²) < 4.78 is 51.7. The lowest BCUT2D eigenvalue weighted by atomic mass is 9.75. The standard InChI is InChI=1S/C20H32N2O4S2/c1-19(2,3)28(24,25)22-18-14-26-20(13-9-8-12-17(18)20)15-27(23,21-4)16-10-6-5-7-11-16/h5-7,10-11,17-18,22H,8-9,12-15H2,1-4H3/t17-,18+,20+,27?/m0/s1. The quantitative estimate of drug-likeness (QED) is 0.780. The molecule has 0 radical (unpaired) electrons. The molecule has 1 aliphatic carbocycles. The number of hydrogen-bond donors (Lipinski definition) is 1. The molecule has 1 aromatic rings. The van der Waals surface area contributed by atoms with Crippen molar-refractivity contribution in [1.82, 2.24) is 4.72 Å². The molecule has 1 aliphatic heterocycles. The molecule has 0 spiro atoms. The van der Waals surface area contributed by atoms with Crippen molar-refractivity contribution < 1.29 is 17.4 Å². The highest BCUT2D eigenvalue weighted by Crippen LogP contribution is 2.45. The summed E-state index contributed by atoms with van der Waals surface area (Å²) >= 11 is 0. The summed E-state index contributed by atoms with van der Waals surface area (Å²) in [5, 5.41) is 0. The van der Waals surface area contributed by atoms with Gasteiger partial charge in [0, 0.05) is 17.9 Å². The second-order valence-corrected chi connectivity index (χ2v) is 13.7. The number of rotatable bonds is 5. The number of sulfonamides is 1. The lowest BCUT2D eigenvalue weighted by Gasteiger charge is -2.40. The zero-order valence-corrected chi connectivity index (χ0v) is 18.8. The van der Waals surface area contributed by atoms with Crippen LogP contribution >= 0.6 is 0 Å². The highest BCUT2D eigenvalue weighted by atomic mass is 32.2. The Kier molecular flexibility index (Phi) is 5.98. The first-order valence-electron chi connectivity index (χ1n) is 9.87. The van der Waals surface area contributed by atoms with Crippen LogP contribution in [0.4, 0.5) is 0 Å². The van der Waals surface area contributed by atoms with Crippen LogP contribution in [0, 0.1) is 5.92 Å². The van der Waals surface area contributed by atoms with E-state index in [1.165, 1.54) is 0 Å². The molecule has 0 aromatic heterocycles. The number of nitrogens with zero attached hydrogens (tertiary/aromatic N) is 1. The van der Waals surface area contributed by atoms with Gasteiger partial charge in [0.2, 0.25) is 10.0 Å². The van der Waals surface area contributed by atoms with Gasteiger partial charge in [0.1, 0.15) is 0 Å². The van der Waals surface area contributed by atoms with Crippen molar-refractivity contribution in [2.45, 2.75) is 67.7 Å². The molecular weight excluding hydrogens is 396 g/mol. The van der Waals surface area contributed by atoms with Gasteiger partial charge in [-0.15, -0.1) is 0 Å². The smallest absolute Gasteiger partial charge is 0.216 e. The van der Waals surface area contributed by atoms with E-state index in [0.29, 0.717) is 17.3 Å². The highest BCUT2D eigenvalue weighted by Gasteiger charge is 2.54. The van der Waals surface area contributed by atoms with Crippen LogP contribution in [-0.4, -0.2) is 48.4 Å². The van der Waals surface area contributed by atoms with E-state index in [-0.39, 0.29) is 12.0 Å². The maximum Gasteiger partial charge on any atom is 0.216 e. The zero-order valence-electron chi connectivity index (χ0n) is 17.2. The summed E-state index contributed by atoms with van der Waals surface area (Å²) in [6.07, 6.45) is 3.67. The largest absolute Gasteiger partial charge is 0.372 e. The Morgan fingerprint density at radius 1 is 1.18 bits per heavy atom. The van der Waals surface area contributed by atoms with Gasteiger partial charge in [0.05, 0.1) is 38.5 Å². The van der Waals surface area contributed by atoms with Crippen LogP contribution in [0.3, 0.4) is 0 Å². The molecule has 0 bridgehead atoms. The predicted molar refractivity (Wildman–Crippen MR) is 112 cm³/mol. The Labute approximate surface area is 169 Å². The highest BCUT2D eigenvalue weighted by molar-refractivity contribution is 7.93. The van der Waals surface area contributed by atoms with E-state index in [2.05, 4.69) is 9.08 Å². The lowest BCUT2D eigenvalue weighted by Crippen LogP contribution is -2.52. The summed E-state index contributed by atoms with van der Waals surface area (Å²) in [7, 11) is -4.53. The molecule has 1 heterocycles. The number of benzene rings is 1. The molecule has 0 amide bonds. The Morgan fingerprint density at radius 2 is 1.86 bits per heavy atom. The van der Waals surface area contributed by atoms with Gasteiger partial charge in [-0.05, 0) is 45.7 Å². The minimum absolute atomic E-state index is 0.00432. The number of hydrogen-bond acceptors (Lipinski definition) is 5. The first-order chi connectivity index (χ1) is 13.0. The van der Waals surface area contributed by atoms with Crippen molar-refractivity contribution in [3.8, 4) is 0 Å². The Morgan fingerprint density at radius 3 is 2.46 bits per heavy atom. The number of ether oxygens (including phenoxy) is 1. The molecule has 158 valence electrons. The second-order valence-electron chi connectivity index (χ2n) is 8.85. The zero-order chi connectivity index (χ0) is 20.6. The molecule has 2 fully saturated rings. The third-order valence-electron chi connectivity index (χ3n) is 6.04. The van der Waals surface area contributed by atoms with Gasteiger partial charge >= 0.3 is 0 Å². The average Bonchev–Trinajstić information content (AvgIpc) is 2.99. The van der Waals surface area contributed by atoms with E-state index in [4.69, 9.17) is 4.74 Å². The van der Waals surface area contributed by atoms with Gasteiger partial charge in [-0.2, -0.15) is 0 Å². The Hall–Kier alpha value is -0.960. The van der Waals surface area contributed by atoms with Crippen LogP contribution < -0.4 is 4.72 Å². The van der Waals surface area contributed by atoms with E-state index in [0.717, 1.165) is 25.7 Å². The Bertz CT molecular complexity index is 915. The topological polar surface area (TPSA) is 84.8 Å². The van der Waals surface area contributed by atoms with E-state index in [1.807, 2.05) is 30.3 Å². The fourth-order valence-electron chi connectivity index (χ4n) is 4.29. The minimum atomic E-state index is -3.48. The first-order valence-corrected chi connectivity index (χ1v) is 13.0. The lowest BCUT2D eigenvalue weighted by molar-refractivity contribution is -0.0252. The molecule has 2 aliphatic rings. The van der Waals surface area contributed by atoms with E-state index in [1.54, 1.807) is 27.8 Å². The normalized spacial score (nSPS) is 30.4. The third-order valence-corrected chi connectivity index (χ3v) is 10.7. The third kappa shape index (κ3) is 4.01. The first kappa shape index (κ1) is 21.7. The van der Waals surface area contributed by atoms with Crippen molar-refractivity contribution in [1.29, 1.82) is 0 Å². The average molecular weight is 429 g/mol. The van der Waals surface area contributed by atoms with Gasteiger partial charge in [-0.3, -0.25) is 0 Å². The van der Waals surface area contributed by atoms with Crippen molar-refractivity contribution in [3.05, 3.63) is 30.3 Å². The molecule has 6 nitrogen and oxygen atoms in total. The summed E-state index contributed by atoms with van der Waals surface area (Å²) in [5.41, 5.74) is -0.601. The summed E-state index contributed by atoms with van der Waals surface area (Å²) in [6, 6.07) is 9.03. The SMILES string of the molecule is CN=S(=O)(C[C@]12CCCC[C@H]1[C@H](NS(=O)(=O)C(C)(C)C)CO2)c1ccccc1. The maximum absolute atomic E-state index is 13.7. The van der Waals surface area contributed by atoms with E-state index >= 15 is 0 Å². The summed E-state index contributed by atoms with van der Waals surface area (Å²) in [5.74, 6) is 0.309. The van der Waals surface area contributed by atoms with E-state index < -0.39 is 30.1 Å². The summed E-state index contributed by atoms with van der Waals surface area (Å²) in [4.78, 5) is 0.707.